The van der Waals surface area contributed by atoms with E-state index in [0.717, 1.165) is 0 Å². The van der Waals surface area contributed by atoms with E-state index in [2.05, 4.69) is 14.7 Å². The monoisotopic (exact) mass is 287 g/mol. The molecule has 0 saturated carbocycles. The lowest BCUT2D eigenvalue weighted by atomic mass is 10.1. The minimum atomic E-state index is -0.832. The smallest absolute Gasteiger partial charge is 0.202 e. The Morgan fingerprint density at radius 1 is 1.56 bits per heavy atom. The number of hydrogen-bond acceptors (Lipinski definition) is 5. The van der Waals surface area contributed by atoms with E-state index in [0.29, 0.717) is 16.5 Å². The molecule has 0 aliphatic rings. The number of rotatable bonds is 4. The van der Waals surface area contributed by atoms with Crippen LogP contribution in [0.5, 0.6) is 0 Å². The molecule has 1 heterocycles. The van der Waals surface area contributed by atoms with E-state index in [-0.39, 0.29) is 11.6 Å². The van der Waals surface area contributed by atoms with Crippen LogP contribution >= 0.6 is 23.1 Å². The minimum Gasteiger partial charge on any atom is -0.387 e. The fourth-order valence-corrected chi connectivity index (χ4v) is 2.09. The number of benzene rings is 1. The molecule has 4 nitrogen and oxygen atoms in total. The molecule has 0 radical (unpaired) electrons. The van der Waals surface area contributed by atoms with Crippen LogP contribution in [0.1, 0.15) is 17.5 Å². The normalized spacial score (nSPS) is 12.4. The second-order valence-electron chi connectivity index (χ2n) is 3.72. The topological polar surface area (TPSA) is 58.0 Å². The molecule has 2 N–H and O–H groups in total. The molecule has 0 aliphatic heterocycles. The molecule has 96 valence electrons. The maximum Gasteiger partial charge on any atom is 0.202 e. The second kappa shape index (κ2) is 5.60. The summed E-state index contributed by atoms with van der Waals surface area (Å²) in [7, 11) is 0. The van der Waals surface area contributed by atoms with Crippen molar-refractivity contribution in [2.45, 2.75) is 13.0 Å². The highest BCUT2D eigenvalue weighted by molar-refractivity contribution is 7.09. The zero-order valence-corrected chi connectivity index (χ0v) is 11.1. The van der Waals surface area contributed by atoms with Gasteiger partial charge in [-0.2, -0.15) is 4.37 Å². The van der Waals surface area contributed by atoms with Crippen LogP contribution in [0.25, 0.3) is 0 Å². The first-order chi connectivity index (χ1) is 8.56. The van der Waals surface area contributed by atoms with Gasteiger partial charge in [-0.1, -0.05) is 17.7 Å². The Balaban J connectivity index is 1.99. The van der Waals surface area contributed by atoms with Crippen molar-refractivity contribution in [3.8, 4) is 0 Å². The molecule has 0 fully saturated rings. The number of hydrogen-bond donors (Lipinski definition) is 2. The molecule has 0 aliphatic carbocycles. The molecular weight excluding hydrogens is 277 g/mol. The average molecular weight is 288 g/mol. The van der Waals surface area contributed by atoms with Crippen LogP contribution in [0, 0.1) is 12.7 Å². The lowest BCUT2D eigenvalue weighted by Gasteiger charge is -2.11. The van der Waals surface area contributed by atoms with Gasteiger partial charge in [0.1, 0.15) is 11.6 Å². The van der Waals surface area contributed by atoms with Gasteiger partial charge >= 0.3 is 0 Å². The van der Waals surface area contributed by atoms with Crippen molar-refractivity contribution in [1.82, 2.24) is 9.36 Å². The van der Waals surface area contributed by atoms with E-state index in [1.165, 1.54) is 23.7 Å². The number of nitrogens with one attached hydrogen (secondary N) is 1. The van der Waals surface area contributed by atoms with Crippen LogP contribution in [0.3, 0.4) is 0 Å². The third-order valence-electron chi connectivity index (χ3n) is 2.30. The van der Waals surface area contributed by atoms with Crippen molar-refractivity contribution in [2.75, 3.05) is 11.9 Å². The van der Waals surface area contributed by atoms with Crippen molar-refractivity contribution in [1.29, 1.82) is 0 Å². The van der Waals surface area contributed by atoms with Gasteiger partial charge in [0.2, 0.25) is 5.13 Å². The second-order valence-corrected chi connectivity index (χ2v) is 4.88. The van der Waals surface area contributed by atoms with Crippen molar-refractivity contribution < 1.29 is 9.50 Å². The van der Waals surface area contributed by atoms with E-state index in [4.69, 9.17) is 11.6 Å². The highest BCUT2D eigenvalue weighted by atomic mass is 35.5. The number of aromatic nitrogens is 2. The Labute approximate surface area is 113 Å². The van der Waals surface area contributed by atoms with Crippen molar-refractivity contribution in [2.24, 2.45) is 0 Å². The fraction of sp³-hybridized carbons (Fsp3) is 0.273. The van der Waals surface area contributed by atoms with E-state index in [1.54, 1.807) is 13.0 Å². The van der Waals surface area contributed by atoms with Crippen molar-refractivity contribution in [3.63, 3.8) is 0 Å². The van der Waals surface area contributed by atoms with Gasteiger partial charge in [-0.25, -0.2) is 9.37 Å². The zero-order chi connectivity index (χ0) is 13.1. The lowest BCUT2D eigenvalue weighted by molar-refractivity contribution is 0.191. The summed E-state index contributed by atoms with van der Waals surface area (Å²) in [5.74, 6) is 0.134. The number of aryl methyl sites for hydroxylation is 1. The molecule has 2 rings (SSSR count). The summed E-state index contributed by atoms with van der Waals surface area (Å²) < 4.78 is 17.2. The van der Waals surface area contributed by atoms with E-state index >= 15 is 0 Å². The number of anilines is 1. The molecule has 0 saturated heterocycles. The molecule has 1 aromatic carbocycles. The quantitative estimate of drug-likeness (QED) is 0.908. The van der Waals surface area contributed by atoms with Gasteiger partial charge in [0.25, 0.3) is 0 Å². The number of aliphatic hydroxyl groups is 1. The third kappa shape index (κ3) is 3.16. The Morgan fingerprint density at radius 2 is 2.33 bits per heavy atom. The average Bonchev–Trinajstić information content (AvgIpc) is 2.75. The summed E-state index contributed by atoms with van der Waals surface area (Å²) in [6, 6.07) is 4.23. The van der Waals surface area contributed by atoms with Crippen LogP contribution in [0.15, 0.2) is 18.2 Å². The molecule has 1 aromatic heterocycles. The van der Waals surface area contributed by atoms with Crippen LogP contribution < -0.4 is 5.32 Å². The summed E-state index contributed by atoms with van der Waals surface area (Å²) in [5, 5.41) is 13.5. The zero-order valence-electron chi connectivity index (χ0n) is 9.52. The maximum atomic E-state index is 13.2. The summed E-state index contributed by atoms with van der Waals surface area (Å²) in [6.07, 6.45) is -0.832. The minimum absolute atomic E-state index is 0.0404. The molecule has 2 aromatic rings. The molecule has 0 spiro atoms. The molecule has 7 heteroatoms. The van der Waals surface area contributed by atoms with Crippen molar-refractivity contribution >= 4 is 28.3 Å². The van der Waals surface area contributed by atoms with Gasteiger partial charge in [-0.15, -0.1) is 0 Å². The summed E-state index contributed by atoms with van der Waals surface area (Å²) in [4.78, 5) is 4.10. The highest BCUT2D eigenvalue weighted by Gasteiger charge is 2.11. The third-order valence-corrected chi connectivity index (χ3v) is 3.37. The van der Waals surface area contributed by atoms with E-state index in [9.17, 15) is 9.50 Å². The van der Waals surface area contributed by atoms with Crippen molar-refractivity contribution in [3.05, 3.63) is 40.4 Å². The van der Waals surface area contributed by atoms with Crippen LogP contribution in [-0.4, -0.2) is 21.0 Å². The molecule has 0 amide bonds. The van der Waals surface area contributed by atoms with E-state index < -0.39 is 11.9 Å². The molecule has 18 heavy (non-hydrogen) atoms. The summed E-state index contributed by atoms with van der Waals surface area (Å²) in [5.41, 5.74) is 0.464. The van der Waals surface area contributed by atoms with Crippen LogP contribution in [0.4, 0.5) is 9.52 Å². The first kappa shape index (κ1) is 13.2. The molecule has 1 unspecified atom stereocenters. The Kier molecular flexibility index (Phi) is 4.11. The summed E-state index contributed by atoms with van der Waals surface area (Å²) in [6.45, 7) is 2.02. The Bertz CT molecular complexity index is 549. The summed E-state index contributed by atoms with van der Waals surface area (Å²) >= 11 is 6.79. The first-order valence-corrected chi connectivity index (χ1v) is 6.38. The van der Waals surface area contributed by atoms with Crippen LogP contribution in [-0.2, 0) is 0 Å². The SMILES string of the molecule is Cc1nsc(NCC(O)c2ccc(Cl)c(F)c2)n1. The lowest BCUT2D eigenvalue weighted by Crippen LogP contribution is -2.12. The van der Waals surface area contributed by atoms with Gasteiger partial charge in [0.05, 0.1) is 11.1 Å². The van der Waals surface area contributed by atoms with Gasteiger partial charge in [0.15, 0.2) is 0 Å². The number of aliphatic hydroxyl groups excluding tert-OH is 1. The van der Waals surface area contributed by atoms with Crippen LogP contribution in [0.2, 0.25) is 5.02 Å². The Morgan fingerprint density at radius 3 is 2.94 bits per heavy atom. The van der Waals surface area contributed by atoms with E-state index in [1.807, 2.05) is 0 Å². The predicted molar refractivity (Wildman–Crippen MR) is 69.5 cm³/mol. The van der Waals surface area contributed by atoms with Gasteiger partial charge in [-0.05, 0) is 24.6 Å². The highest BCUT2D eigenvalue weighted by Crippen LogP contribution is 2.21. The maximum absolute atomic E-state index is 13.2. The molecule has 1 atom stereocenters. The fourth-order valence-electron chi connectivity index (χ4n) is 1.39. The van der Waals surface area contributed by atoms with Gasteiger partial charge in [0, 0.05) is 18.1 Å². The van der Waals surface area contributed by atoms with Gasteiger partial charge < -0.3 is 10.4 Å². The largest absolute Gasteiger partial charge is 0.387 e. The molecule has 0 bridgehead atoms. The first-order valence-electron chi connectivity index (χ1n) is 5.23. The molecular formula is C11H11ClFN3OS. The predicted octanol–water partition coefficient (Wildman–Crippen LogP) is 2.78. The number of nitrogens with zero attached hydrogens (tertiary/aromatic N) is 2. The van der Waals surface area contributed by atoms with Gasteiger partial charge in [-0.3, -0.25) is 0 Å². The standard InChI is InChI=1S/C11H11ClFN3OS/c1-6-15-11(18-16-6)14-5-10(17)7-2-3-8(12)9(13)4-7/h2-4,10,17H,5H2,1H3,(H,14,15,16). The number of halogens is 2. The Hall–Kier alpha value is -1.24.